The number of aromatic nitrogens is 4. The number of nitrogens with zero attached hydrogens (tertiary/aromatic N) is 4. The van der Waals surface area contributed by atoms with Crippen LogP contribution in [0.1, 0.15) is 12.8 Å². The Morgan fingerprint density at radius 1 is 1.26 bits per heavy atom. The number of ether oxygens (including phenoxy) is 1. The molecular weight excluding hydrogens is 242 g/mol. The molecular formula is C13H17N5O. The van der Waals surface area contributed by atoms with Crippen molar-refractivity contribution in [3.8, 4) is 17.1 Å². The molecule has 2 aromatic rings. The zero-order chi connectivity index (χ0) is 13.1. The topological polar surface area (TPSA) is 64.9 Å². The van der Waals surface area contributed by atoms with Crippen LogP contribution in [0.25, 0.3) is 11.3 Å². The van der Waals surface area contributed by atoms with Gasteiger partial charge in [-0.15, -0.1) is 0 Å². The molecule has 1 N–H and O–H groups in total. The van der Waals surface area contributed by atoms with Gasteiger partial charge in [0.05, 0.1) is 6.20 Å². The molecule has 6 nitrogen and oxygen atoms in total. The van der Waals surface area contributed by atoms with Crippen molar-refractivity contribution in [1.29, 1.82) is 0 Å². The van der Waals surface area contributed by atoms with E-state index < -0.39 is 0 Å². The van der Waals surface area contributed by atoms with Crippen LogP contribution in [0.4, 0.5) is 0 Å². The number of rotatable bonds is 3. The van der Waals surface area contributed by atoms with Gasteiger partial charge in [-0.05, 0) is 25.9 Å². The Morgan fingerprint density at radius 2 is 2.05 bits per heavy atom. The van der Waals surface area contributed by atoms with Crippen molar-refractivity contribution in [2.75, 3.05) is 13.1 Å². The van der Waals surface area contributed by atoms with Gasteiger partial charge in [-0.3, -0.25) is 4.68 Å². The van der Waals surface area contributed by atoms with Crippen molar-refractivity contribution in [3.63, 3.8) is 0 Å². The van der Waals surface area contributed by atoms with Crippen LogP contribution in [0, 0.1) is 0 Å². The summed E-state index contributed by atoms with van der Waals surface area (Å²) in [5.41, 5.74) is 1.69. The van der Waals surface area contributed by atoms with E-state index in [4.69, 9.17) is 4.74 Å². The Kier molecular flexibility index (Phi) is 3.41. The molecule has 2 aromatic heterocycles. The van der Waals surface area contributed by atoms with E-state index in [0.717, 1.165) is 37.2 Å². The highest BCUT2D eigenvalue weighted by molar-refractivity contribution is 5.62. The van der Waals surface area contributed by atoms with Gasteiger partial charge in [0.1, 0.15) is 11.8 Å². The van der Waals surface area contributed by atoms with Crippen LogP contribution in [-0.4, -0.2) is 38.9 Å². The molecule has 1 fully saturated rings. The molecule has 0 atom stereocenters. The molecule has 0 saturated carbocycles. The summed E-state index contributed by atoms with van der Waals surface area (Å²) < 4.78 is 7.75. The third-order valence-electron chi connectivity index (χ3n) is 3.21. The van der Waals surface area contributed by atoms with Gasteiger partial charge in [0, 0.05) is 31.2 Å². The summed E-state index contributed by atoms with van der Waals surface area (Å²) >= 11 is 0. The van der Waals surface area contributed by atoms with Crippen molar-refractivity contribution in [1.82, 2.24) is 25.1 Å². The Balaban J connectivity index is 1.84. The smallest absolute Gasteiger partial charge is 0.240 e. The minimum absolute atomic E-state index is 0.216. The summed E-state index contributed by atoms with van der Waals surface area (Å²) in [6.07, 6.45) is 9.26. The van der Waals surface area contributed by atoms with E-state index in [9.17, 15) is 0 Å². The summed E-state index contributed by atoms with van der Waals surface area (Å²) in [6.45, 7) is 1.99. The molecule has 100 valence electrons. The maximum absolute atomic E-state index is 6.00. The van der Waals surface area contributed by atoms with E-state index in [-0.39, 0.29) is 6.10 Å². The van der Waals surface area contributed by atoms with Gasteiger partial charge in [-0.1, -0.05) is 0 Å². The van der Waals surface area contributed by atoms with Crippen LogP contribution in [0.15, 0.2) is 24.8 Å². The lowest BCUT2D eigenvalue weighted by Crippen LogP contribution is -2.34. The summed E-state index contributed by atoms with van der Waals surface area (Å²) in [5.74, 6) is 0.599. The van der Waals surface area contributed by atoms with E-state index in [1.165, 1.54) is 0 Å². The average Bonchev–Trinajstić information content (AvgIpc) is 2.87. The number of piperidine rings is 1. The Hall–Kier alpha value is -1.95. The highest BCUT2D eigenvalue weighted by atomic mass is 16.5. The fourth-order valence-corrected chi connectivity index (χ4v) is 2.22. The monoisotopic (exact) mass is 259 g/mol. The van der Waals surface area contributed by atoms with E-state index in [1.807, 2.05) is 13.2 Å². The maximum Gasteiger partial charge on any atom is 0.240 e. The number of hydrogen-bond acceptors (Lipinski definition) is 5. The van der Waals surface area contributed by atoms with Crippen molar-refractivity contribution >= 4 is 0 Å². The van der Waals surface area contributed by atoms with E-state index in [0.29, 0.717) is 5.88 Å². The van der Waals surface area contributed by atoms with Gasteiger partial charge in [0.15, 0.2) is 0 Å². The van der Waals surface area contributed by atoms with Gasteiger partial charge in [-0.2, -0.15) is 5.10 Å². The SMILES string of the molecule is Cn1cc(-c2nccnc2OC2CCNCC2)cn1. The van der Waals surface area contributed by atoms with E-state index in [2.05, 4.69) is 20.4 Å². The van der Waals surface area contributed by atoms with Crippen molar-refractivity contribution in [2.45, 2.75) is 18.9 Å². The lowest BCUT2D eigenvalue weighted by Gasteiger charge is -2.23. The Bertz CT molecular complexity index is 547. The third-order valence-corrected chi connectivity index (χ3v) is 3.21. The third kappa shape index (κ3) is 2.73. The largest absolute Gasteiger partial charge is 0.473 e. The molecule has 3 heterocycles. The predicted octanol–water partition coefficient (Wildman–Crippen LogP) is 1.01. The van der Waals surface area contributed by atoms with E-state index in [1.54, 1.807) is 23.3 Å². The van der Waals surface area contributed by atoms with Crippen LogP contribution in [0.2, 0.25) is 0 Å². The molecule has 19 heavy (non-hydrogen) atoms. The van der Waals surface area contributed by atoms with E-state index >= 15 is 0 Å². The van der Waals surface area contributed by atoms with Crippen molar-refractivity contribution in [3.05, 3.63) is 24.8 Å². The Morgan fingerprint density at radius 3 is 2.79 bits per heavy atom. The standard InChI is InChI=1S/C13H17N5O/c1-18-9-10(8-17-18)12-13(16-7-6-15-12)19-11-2-4-14-5-3-11/h6-9,11,14H,2-5H2,1H3. The first kappa shape index (κ1) is 12.1. The first-order valence-corrected chi connectivity index (χ1v) is 6.50. The lowest BCUT2D eigenvalue weighted by molar-refractivity contribution is 0.156. The predicted molar refractivity (Wildman–Crippen MR) is 70.8 cm³/mol. The highest BCUT2D eigenvalue weighted by Crippen LogP contribution is 2.26. The van der Waals surface area contributed by atoms with Crippen molar-refractivity contribution < 1.29 is 4.74 Å². The van der Waals surface area contributed by atoms with Crippen LogP contribution >= 0.6 is 0 Å². The molecule has 0 spiro atoms. The number of aryl methyl sites for hydroxylation is 1. The highest BCUT2D eigenvalue weighted by Gasteiger charge is 2.18. The number of nitrogens with one attached hydrogen (secondary N) is 1. The zero-order valence-electron chi connectivity index (χ0n) is 10.9. The Labute approximate surface area is 111 Å². The molecule has 0 aromatic carbocycles. The molecule has 3 rings (SSSR count). The quantitative estimate of drug-likeness (QED) is 0.891. The normalized spacial score (nSPS) is 16.5. The second-order valence-corrected chi connectivity index (χ2v) is 4.68. The van der Waals surface area contributed by atoms with Crippen LogP contribution in [-0.2, 0) is 7.05 Å². The summed E-state index contributed by atoms with van der Waals surface area (Å²) in [6, 6.07) is 0. The molecule has 0 bridgehead atoms. The molecule has 0 amide bonds. The van der Waals surface area contributed by atoms with Gasteiger partial charge in [-0.25, -0.2) is 9.97 Å². The molecule has 1 saturated heterocycles. The minimum Gasteiger partial charge on any atom is -0.473 e. The van der Waals surface area contributed by atoms with Crippen LogP contribution in [0.3, 0.4) is 0 Å². The summed E-state index contributed by atoms with van der Waals surface area (Å²) in [7, 11) is 1.88. The maximum atomic E-state index is 6.00. The minimum atomic E-state index is 0.216. The fraction of sp³-hybridized carbons (Fsp3) is 0.462. The molecule has 0 radical (unpaired) electrons. The molecule has 1 aliphatic rings. The molecule has 6 heteroatoms. The average molecular weight is 259 g/mol. The van der Waals surface area contributed by atoms with Gasteiger partial charge in [0.2, 0.25) is 5.88 Å². The fourth-order valence-electron chi connectivity index (χ4n) is 2.22. The second-order valence-electron chi connectivity index (χ2n) is 4.68. The molecule has 0 unspecified atom stereocenters. The summed E-state index contributed by atoms with van der Waals surface area (Å²) in [4.78, 5) is 8.69. The zero-order valence-corrected chi connectivity index (χ0v) is 10.9. The van der Waals surface area contributed by atoms with Crippen molar-refractivity contribution in [2.24, 2.45) is 7.05 Å². The molecule has 1 aliphatic heterocycles. The van der Waals surface area contributed by atoms with Crippen LogP contribution < -0.4 is 10.1 Å². The van der Waals surface area contributed by atoms with Gasteiger partial charge >= 0.3 is 0 Å². The first-order valence-electron chi connectivity index (χ1n) is 6.50. The second kappa shape index (κ2) is 5.36. The van der Waals surface area contributed by atoms with Crippen LogP contribution in [0.5, 0.6) is 5.88 Å². The first-order chi connectivity index (χ1) is 9.33. The van der Waals surface area contributed by atoms with Gasteiger partial charge in [0.25, 0.3) is 0 Å². The molecule has 0 aliphatic carbocycles. The lowest BCUT2D eigenvalue weighted by atomic mass is 10.1. The van der Waals surface area contributed by atoms with Gasteiger partial charge < -0.3 is 10.1 Å². The number of hydrogen-bond donors (Lipinski definition) is 1. The summed E-state index contributed by atoms with van der Waals surface area (Å²) in [5, 5.41) is 7.49.